The molecule has 1 heterocycles. The van der Waals surface area contributed by atoms with Gasteiger partial charge in [0.2, 0.25) is 0 Å². The van der Waals surface area contributed by atoms with Gasteiger partial charge in [0, 0.05) is 18.5 Å². The van der Waals surface area contributed by atoms with Crippen molar-refractivity contribution in [2.24, 2.45) is 0 Å². The van der Waals surface area contributed by atoms with Gasteiger partial charge in [0.15, 0.2) is 11.5 Å². The highest BCUT2D eigenvalue weighted by atomic mass is 16.5. The Bertz CT molecular complexity index is 996. The number of anilines is 1. The molecule has 3 rings (SSSR count). The summed E-state index contributed by atoms with van der Waals surface area (Å²) in [6.07, 6.45) is 0.578. The number of carbonyl (C=O) groups excluding carboxylic acids is 2. The van der Waals surface area contributed by atoms with E-state index in [4.69, 9.17) is 4.74 Å². The fourth-order valence-corrected chi connectivity index (χ4v) is 2.99. The van der Waals surface area contributed by atoms with Gasteiger partial charge in [-0.05, 0) is 36.8 Å². The van der Waals surface area contributed by atoms with E-state index in [1.54, 1.807) is 11.5 Å². The molecule has 3 aromatic rings. The van der Waals surface area contributed by atoms with Crippen molar-refractivity contribution in [3.8, 4) is 5.75 Å². The summed E-state index contributed by atoms with van der Waals surface area (Å²) in [5.41, 5.74) is 1.55. The molecule has 31 heavy (non-hydrogen) atoms. The van der Waals surface area contributed by atoms with Crippen molar-refractivity contribution in [2.75, 3.05) is 11.9 Å². The molecule has 0 unspecified atom stereocenters. The second kappa shape index (κ2) is 11.5. The molecule has 0 radical (unpaired) electrons. The largest absolute Gasteiger partial charge is 0.508 e. The van der Waals surface area contributed by atoms with Crippen LogP contribution in [0, 0.1) is 0 Å². The molecular weight excluding hydrogens is 394 g/mol. The van der Waals surface area contributed by atoms with Crippen LogP contribution in [-0.4, -0.2) is 33.1 Å². The smallest absolute Gasteiger partial charge is 0.358 e. The first kappa shape index (κ1) is 23.7. The van der Waals surface area contributed by atoms with Crippen LogP contribution in [-0.2, 0) is 17.7 Å². The Morgan fingerprint density at radius 1 is 1.03 bits per heavy atom. The average Bonchev–Trinajstić information content (AvgIpc) is 3.13. The molecule has 0 spiro atoms. The zero-order valence-electron chi connectivity index (χ0n) is 18.4. The molecular formula is C24H29N3O4. The maximum atomic E-state index is 12.7. The van der Waals surface area contributed by atoms with E-state index in [-0.39, 0.29) is 23.9 Å². The van der Waals surface area contributed by atoms with Crippen molar-refractivity contribution >= 4 is 17.7 Å². The van der Waals surface area contributed by atoms with Gasteiger partial charge in [-0.1, -0.05) is 51.1 Å². The minimum absolute atomic E-state index is 0.0640. The SMILES string of the molecule is CC.CCOC(=O)c1c(NC(=O)c2ccc(O)cc2)nc(CC)n1Cc1ccccc1. The third kappa shape index (κ3) is 5.94. The molecule has 0 aliphatic heterocycles. The zero-order chi connectivity index (χ0) is 22.8. The number of phenolic OH excluding ortho intramolecular Hbond substituents is 1. The highest BCUT2D eigenvalue weighted by molar-refractivity contribution is 6.06. The number of aromatic hydroxyl groups is 1. The summed E-state index contributed by atoms with van der Waals surface area (Å²) in [7, 11) is 0. The lowest BCUT2D eigenvalue weighted by Crippen LogP contribution is -2.19. The number of aromatic nitrogens is 2. The van der Waals surface area contributed by atoms with Crippen LogP contribution in [0.5, 0.6) is 5.75 Å². The lowest BCUT2D eigenvalue weighted by Gasteiger charge is -2.12. The molecule has 0 atom stereocenters. The second-order valence-electron chi connectivity index (χ2n) is 6.37. The standard InChI is InChI=1S/C22H23N3O4.C2H6/c1-3-18-23-20(24-21(27)16-10-12-17(26)13-11-16)19(22(28)29-4-2)25(18)14-15-8-6-5-7-9-15;1-2/h5-13,26H,3-4,14H2,1-2H3,(H,24,27);1-2H3. The van der Waals surface area contributed by atoms with Gasteiger partial charge in [0.1, 0.15) is 11.6 Å². The van der Waals surface area contributed by atoms with Crippen LogP contribution in [0.4, 0.5) is 5.82 Å². The molecule has 0 saturated heterocycles. The maximum absolute atomic E-state index is 12.7. The van der Waals surface area contributed by atoms with E-state index in [9.17, 15) is 14.7 Å². The van der Waals surface area contributed by atoms with Gasteiger partial charge in [-0.2, -0.15) is 0 Å². The Hall–Kier alpha value is -3.61. The van der Waals surface area contributed by atoms with Gasteiger partial charge in [-0.25, -0.2) is 9.78 Å². The number of nitrogens with zero attached hydrogens (tertiary/aromatic N) is 2. The Morgan fingerprint density at radius 3 is 2.26 bits per heavy atom. The summed E-state index contributed by atoms with van der Waals surface area (Å²) >= 11 is 0. The number of carbonyl (C=O) groups is 2. The number of esters is 1. The number of rotatable bonds is 7. The Kier molecular flexibility index (Phi) is 8.81. The van der Waals surface area contributed by atoms with Crippen LogP contribution in [0.15, 0.2) is 54.6 Å². The Labute approximate surface area is 182 Å². The second-order valence-corrected chi connectivity index (χ2v) is 6.37. The van der Waals surface area contributed by atoms with Crippen LogP contribution < -0.4 is 5.32 Å². The van der Waals surface area contributed by atoms with E-state index < -0.39 is 11.9 Å². The molecule has 0 saturated carbocycles. The molecule has 7 heteroatoms. The van der Waals surface area contributed by atoms with Crippen molar-refractivity contribution in [1.82, 2.24) is 9.55 Å². The van der Waals surface area contributed by atoms with Crippen LogP contribution in [0.25, 0.3) is 0 Å². The molecule has 2 N–H and O–H groups in total. The lowest BCUT2D eigenvalue weighted by atomic mass is 10.2. The van der Waals surface area contributed by atoms with Crippen molar-refractivity contribution in [3.05, 3.63) is 77.2 Å². The number of ether oxygens (including phenoxy) is 1. The molecule has 164 valence electrons. The number of imidazole rings is 1. The highest BCUT2D eigenvalue weighted by Crippen LogP contribution is 2.22. The molecule has 0 bridgehead atoms. The number of hydrogen-bond acceptors (Lipinski definition) is 5. The van der Waals surface area contributed by atoms with Crippen LogP contribution >= 0.6 is 0 Å². The highest BCUT2D eigenvalue weighted by Gasteiger charge is 2.25. The van der Waals surface area contributed by atoms with E-state index >= 15 is 0 Å². The fraction of sp³-hybridized carbons (Fsp3) is 0.292. The average molecular weight is 424 g/mol. The summed E-state index contributed by atoms with van der Waals surface area (Å²) < 4.78 is 7.00. The minimum atomic E-state index is -0.545. The van der Waals surface area contributed by atoms with Gasteiger partial charge in [-0.3, -0.25) is 4.79 Å². The van der Waals surface area contributed by atoms with E-state index in [2.05, 4.69) is 10.3 Å². The normalized spacial score (nSPS) is 10.1. The van der Waals surface area contributed by atoms with Gasteiger partial charge in [0.05, 0.1) is 6.61 Å². The Morgan fingerprint density at radius 2 is 1.68 bits per heavy atom. The number of benzene rings is 2. The molecule has 0 aliphatic rings. The van der Waals surface area contributed by atoms with E-state index in [0.717, 1.165) is 5.56 Å². The fourth-order valence-electron chi connectivity index (χ4n) is 2.99. The number of hydrogen-bond donors (Lipinski definition) is 2. The number of aryl methyl sites for hydroxylation is 1. The maximum Gasteiger partial charge on any atom is 0.358 e. The van der Waals surface area contributed by atoms with E-state index in [1.165, 1.54) is 24.3 Å². The van der Waals surface area contributed by atoms with Crippen LogP contribution in [0.1, 0.15) is 59.9 Å². The van der Waals surface area contributed by atoms with E-state index in [0.29, 0.717) is 24.4 Å². The van der Waals surface area contributed by atoms with E-state index in [1.807, 2.05) is 51.1 Å². The topological polar surface area (TPSA) is 93.4 Å². The molecule has 1 amide bonds. The monoisotopic (exact) mass is 423 g/mol. The van der Waals surface area contributed by atoms with Gasteiger partial charge < -0.3 is 19.7 Å². The van der Waals surface area contributed by atoms with Gasteiger partial charge in [0.25, 0.3) is 5.91 Å². The summed E-state index contributed by atoms with van der Waals surface area (Å²) in [4.78, 5) is 29.8. The number of nitrogens with one attached hydrogen (secondary N) is 1. The summed E-state index contributed by atoms with van der Waals surface area (Å²) in [6.45, 7) is 8.30. The first-order valence-corrected chi connectivity index (χ1v) is 10.4. The predicted molar refractivity (Wildman–Crippen MR) is 121 cm³/mol. The quantitative estimate of drug-likeness (QED) is 0.539. The van der Waals surface area contributed by atoms with Gasteiger partial charge in [-0.15, -0.1) is 0 Å². The summed E-state index contributed by atoms with van der Waals surface area (Å²) in [6, 6.07) is 15.5. The van der Waals surface area contributed by atoms with Crippen molar-refractivity contribution in [1.29, 1.82) is 0 Å². The zero-order valence-corrected chi connectivity index (χ0v) is 18.4. The van der Waals surface area contributed by atoms with Crippen molar-refractivity contribution < 1.29 is 19.4 Å². The molecule has 2 aromatic carbocycles. The molecule has 0 aliphatic carbocycles. The third-order valence-corrected chi connectivity index (χ3v) is 4.38. The van der Waals surface area contributed by atoms with Crippen LogP contribution in [0.2, 0.25) is 0 Å². The van der Waals surface area contributed by atoms with Crippen molar-refractivity contribution in [2.45, 2.75) is 40.7 Å². The Balaban J connectivity index is 0.00000166. The molecule has 7 nitrogen and oxygen atoms in total. The summed E-state index contributed by atoms with van der Waals surface area (Å²) in [5.74, 6) is -0.0828. The van der Waals surface area contributed by atoms with Crippen LogP contribution in [0.3, 0.4) is 0 Å². The van der Waals surface area contributed by atoms with Gasteiger partial charge >= 0.3 is 5.97 Å². The predicted octanol–water partition coefficient (Wildman–Crippen LogP) is 4.65. The first-order valence-electron chi connectivity index (χ1n) is 10.4. The lowest BCUT2D eigenvalue weighted by molar-refractivity contribution is 0.0515. The van der Waals surface area contributed by atoms with Crippen molar-refractivity contribution in [3.63, 3.8) is 0 Å². The number of phenols is 1. The minimum Gasteiger partial charge on any atom is -0.508 e. The molecule has 0 fully saturated rings. The third-order valence-electron chi connectivity index (χ3n) is 4.38. The summed E-state index contributed by atoms with van der Waals surface area (Å²) in [5, 5.41) is 12.1. The first-order chi connectivity index (χ1) is 15.0. The number of amides is 1. The molecule has 1 aromatic heterocycles.